The van der Waals surface area contributed by atoms with Crippen molar-refractivity contribution in [1.29, 1.82) is 0 Å². The van der Waals surface area contributed by atoms with Crippen molar-refractivity contribution >= 4 is 17.2 Å². The van der Waals surface area contributed by atoms with E-state index < -0.39 is 17.2 Å². The minimum absolute atomic E-state index is 0.0922. The minimum Gasteiger partial charge on any atom is -0.507 e. The van der Waals surface area contributed by atoms with E-state index in [1.807, 2.05) is 0 Å². The van der Waals surface area contributed by atoms with E-state index >= 15 is 0 Å². The maximum Gasteiger partial charge on any atom is 0.361 e. The van der Waals surface area contributed by atoms with Crippen molar-refractivity contribution in [2.45, 2.75) is 0 Å². The van der Waals surface area contributed by atoms with E-state index in [2.05, 4.69) is 4.84 Å². The number of para-hydroxylation sites is 1. The lowest BCUT2D eigenvalue weighted by molar-refractivity contribution is 0.0402. The molecule has 0 aromatic heterocycles. The fourth-order valence-corrected chi connectivity index (χ4v) is 0.922. The Balaban J connectivity index is 2.70. The molecule has 0 aliphatic rings. The first-order valence-corrected chi connectivity index (χ1v) is 4.57. The highest BCUT2D eigenvalue weighted by Crippen LogP contribution is 2.15. The van der Waals surface area contributed by atoms with Crippen LogP contribution in [0.15, 0.2) is 24.3 Å². The van der Waals surface area contributed by atoms with Gasteiger partial charge in [-0.3, -0.25) is 4.55 Å². The summed E-state index contributed by atoms with van der Waals surface area (Å²) in [7, 11) is 0. The zero-order chi connectivity index (χ0) is 10.6. The number of rotatable bonds is 3. The van der Waals surface area contributed by atoms with Gasteiger partial charge in [0.1, 0.15) is 11.3 Å². The van der Waals surface area contributed by atoms with Gasteiger partial charge >= 0.3 is 5.97 Å². The highest BCUT2D eigenvalue weighted by atomic mass is 32.2. The molecule has 0 fully saturated rings. The molecule has 76 valence electrons. The Hall–Kier alpha value is -1.44. The second-order valence-corrected chi connectivity index (χ2v) is 2.90. The van der Waals surface area contributed by atoms with Crippen molar-refractivity contribution in [2.24, 2.45) is 0 Å². The van der Waals surface area contributed by atoms with Crippen LogP contribution < -0.4 is 4.89 Å². The zero-order valence-corrected chi connectivity index (χ0v) is 7.65. The highest BCUT2D eigenvalue weighted by molar-refractivity contribution is 7.76. The number of nitrogens with one attached hydrogen (secondary N) is 1. The maximum atomic E-state index is 11.1. The van der Waals surface area contributed by atoms with Crippen molar-refractivity contribution in [1.82, 2.24) is 4.89 Å². The van der Waals surface area contributed by atoms with Crippen LogP contribution in [0.5, 0.6) is 5.75 Å². The smallest absolute Gasteiger partial charge is 0.361 e. The summed E-state index contributed by atoms with van der Waals surface area (Å²) >= 11 is -2.44. The molecule has 14 heavy (non-hydrogen) atoms. The van der Waals surface area contributed by atoms with E-state index in [1.54, 1.807) is 0 Å². The number of carbonyl (C=O) groups is 1. The van der Waals surface area contributed by atoms with Gasteiger partial charge < -0.3 is 9.94 Å². The van der Waals surface area contributed by atoms with Crippen LogP contribution in [0.25, 0.3) is 0 Å². The third kappa shape index (κ3) is 2.80. The van der Waals surface area contributed by atoms with Crippen LogP contribution in [0.1, 0.15) is 10.4 Å². The third-order valence-electron chi connectivity index (χ3n) is 1.33. The molecule has 0 saturated heterocycles. The summed E-state index contributed by atoms with van der Waals surface area (Å²) in [5.74, 6) is -1.20. The Bertz CT molecular complexity index is 367. The number of phenols is 1. The lowest BCUT2D eigenvalue weighted by atomic mass is 10.2. The normalized spacial score (nSPS) is 12.1. The lowest BCUT2D eigenvalue weighted by Gasteiger charge is -2.02. The summed E-state index contributed by atoms with van der Waals surface area (Å²) < 4.78 is 18.3. The number of phenolic OH excluding ortho intramolecular Hbond substituents is 1. The summed E-state index contributed by atoms with van der Waals surface area (Å²) in [4.78, 5) is 16.8. The molecule has 1 unspecified atom stereocenters. The second kappa shape index (κ2) is 4.70. The quantitative estimate of drug-likeness (QED) is 0.496. The molecule has 3 N–H and O–H groups in total. The average molecular weight is 217 g/mol. The summed E-state index contributed by atoms with van der Waals surface area (Å²) in [6, 6.07) is 5.67. The van der Waals surface area contributed by atoms with Gasteiger partial charge in [0.05, 0.1) is 0 Å². The van der Waals surface area contributed by atoms with Crippen LogP contribution in [0.4, 0.5) is 0 Å². The molecule has 0 saturated carbocycles. The molecule has 0 bridgehead atoms. The standard InChI is InChI=1S/C7H7NO5S/c9-6-4-2-1-3-5(6)7(10)13-8-14(11)12/h1-4,8-9H,(H,11,12). The molecule has 0 amide bonds. The van der Waals surface area contributed by atoms with Gasteiger partial charge in [-0.2, -0.15) is 0 Å². The predicted molar refractivity (Wildman–Crippen MR) is 47.4 cm³/mol. The fourth-order valence-electron chi connectivity index (χ4n) is 0.775. The summed E-state index contributed by atoms with van der Waals surface area (Å²) in [6.07, 6.45) is 0. The molecule has 0 spiro atoms. The molecule has 1 rings (SSSR count). The van der Waals surface area contributed by atoms with E-state index in [0.717, 1.165) is 0 Å². The first-order valence-electron chi connectivity index (χ1n) is 3.47. The topological polar surface area (TPSA) is 95.9 Å². The largest absolute Gasteiger partial charge is 0.507 e. The molecule has 0 heterocycles. The number of hydrogen-bond acceptors (Lipinski definition) is 4. The zero-order valence-electron chi connectivity index (χ0n) is 6.84. The Morgan fingerprint density at radius 3 is 2.64 bits per heavy atom. The predicted octanol–water partition coefficient (Wildman–Crippen LogP) is 0.190. The highest BCUT2D eigenvalue weighted by Gasteiger charge is 2.12. The Labute approximate surface area is 81.9 Å². The van der Waals surface area contributed by atoms with Gasteiger partial charge in [0.15, 0.2) is 0 Å². The first-order chi connectivity index (χ1) is 6.61. The third-order valence-corrected chi connectivity index (χ3v) is 1.56. The van der Waals surface area contributed by atoms with Crippen molar-refractivity contribution in [3.05, 3.63) is 29.8 Å². The van der Waals surface area contributed by atoms with Crippen molar-refractivity contribution in [2.75, 3.05) is 0 Å². The molecule has 7 heteroatoms. The first kappa shape index (κ1) is 10.6. The van der Waals surface area contributed by atoms with Crippen LogP contribution in [0.2, 0.25) is 0 Å². The average Bonchev–Trinajstić information content (AvgIpc) is 2.15. The monoisotopic (exact) mass is 217 g/mol. The lowest BCUT2D eigenvalue weighted by Crippen LogP contribution is -2.21. The number of benzene rings is 1. The SMILES string of the molecule is O=C(ONS(=O)O)c1ccccc1O. The van der Waals surface area contributed by atoms with Crippen LogP contribution in [0.3, 0.4) is 0 Å². The van der Waals surface area contributed by atoms with E-state index in [4.69, 9.17) is 4.55 Å². The molecule has 1 atom stereocenters. The summed E-state index contributed by atoms with van der Waals surface area (Å²) in [5.41, 5.74) is -0.0922. The van der Waals surface area contributed by atoms with Gasteiger partial charge in [-0.05, 0) is 17.0 Å². The van der Waals surface area contributed by atoms with Gasteiger partial charge in [0, 0.05) is 0 Å². The van der Waals surface area contributed by atoms with Gasteiger partial charge in [-0.1, -0.05) is 12.1 Å². The Morgan fingerprint density at radius 1 is 1.43 bits per heavy atom. The van der Waals surface area contributed by atoms with E-state index in [-0.39, 0.29) is 11.3 Å². The van der Waals surface area contributed by atoms with Crippen LogP contribution in [-0.4, -0.2) is 19.8 Å². The van der Waals surface area contributed by atoms with Crippen molar-refractivity contribution in [3.8, 4) is 5.75 Å². The van der Waals surface area contributed by atoms with Crippen LogP contribution in [-0.2, 0) is 16.1 Å². The van der Waals surface area contributed by atoms with Crippen LogP contribution in [0, 0.1) is 0 Å². The number of carbonyl (C=O) groups excluding carboxylic acids is 1. The van der Waals surface area contributed by atoms with Crippen molar-refractivity contribution in [3.63, 3.8) is 0 Å². The van der Waals surface area contributed by atoms with Crippen LogP contribution >= 0.6 is 0 Å². The van der Waals surface area contributed by atoms with E-state index in [0.29, 0.717) is 0 Å². The van der Waals surface area contributed by atoms with Crippen molar-refractivity contribution < 1.29 is 23.5 Å². The Morgan fingerprint density at radius 2 is 2.07 bits per heavy atom. The molecule has 0 aliphatic carbocycles. The molecule has 0 radical (unpaired) electrons. The molecule has 1 aromatic carbocycles. The molecular formula is C7H7NO5S. The fraction of sp³-hybridized carbons (Fsp3) is 0. The maximum absolute atomic E-state index is 11.1. The summed E-state index contributed by atoms with van der Waals surface area (Å²) in [5, 5.41) is 9.18. The minimum atomic E-state index is -2.44. The molecule has 0 aliphatic heterocycles. The van der Waals surface area contributed by atoms with E-state index in [9.17, 15) is 14.1 Å². The Kier molecular flexibility index (Phi) is 3.57. The number of hydrogen-bond donors (Lipinski definition) is 3. The van der Waals surface area contributed by atoms with Gasteiger partial charge in [-0.25, -0.2) is 9.00 Å². The van der Waals surface area contributed by atoms with Gasteiger partial charge in [0.25, 0.3) is 11.3 Å². The summed E-state index contributed by atoms with van der Waals surface area (Å²) in [6.45, 7) is 0. The number of aromatic hydroxyl groups is 1. The van der Waals surface area contributed by atoms with Gasteiger partial charge in [-0.15, -0.1) is 0 Å². The molecule has 6 nitrogen and oxygen atoms in total. The van der Waals surface area contributed by atoms with E-state index in [1.165, 1.54) is 29.2 Å². The second-order valence-electron chi connectivity index (χ2n) is 2.24. The molecular weight excluding hydrogens is 210 g/mol. The molecule has 1 aromatic rings. The van der Waals surface area contributed by atoms with Gasteiger partial charge in [0.2, 0.25) is 0 Å².